The minimum Gasteiger partial charge on any atom is -0.448 e. The van der Waals surface area contributed by atoms with E-state index >= 15 is 0 Å². The molecule has 0 aliphatic carbocycles. The van der Waals surface area contributed by atoms with Crippen LogP contribution < -0.4 is 0 Å². The second-order valence-corrected chi connectivity index (χ2v) is 5.57. The number of nitrogens with zero attached hydrogens (tertiary/aromatic N) is 3. The van der Waals surface area contributed by atoms with E-state index in [1.54, 1.807) is 6.07 Å². The van der Waals surface area contributed by atoms with Crippen molar-refractivity contribution in [2.24, 2.45) is 0 Å². The van der Waals surface area contributed by atoms with Gasteiger partial charge in [0.15, 0.2) is 5.89 Å². The summed E-state index contributed by atoms with van der Waals surface area (Å²) < 4.78 is 23.9. The first-order chi connectivity index (χ1) is 11.2. The molecule has 3 rings (SSSR count). The van der Waals surface area contributed by atoms with Gasteiger partial charge in [0, 0.05) is 12.3 Å². The molecule has 2 aromatic heterocycles. The number of hydrogen-bond acceptors (Lipinski definition) is 5. The molecule has 0 bridgehead atoms. The van der Waals surface area contributed by atoms with Gasteiger partial charge >= 0.3 is 0 Å². The molecule has 0 aliphatic heterocycles. The van der Waals surface area contributed by atoms with Crippen LogP contribution in [0.15, 0.2) is 39.5 Å². The first-order valence-corrected chi connectivity index (χ1v) is 7.68. The van der Waals surface area contributed by atoms with Crippen LogP contribution in [0.25, 0.3) is 11.5 Å². The molecule has 2 heterocycles. The Morgan fingerprint density at radius 2 is 2.13 bits per heavy atom. The lowest BCUT2D eigenvalue weighted by Gasteiger charge is -2.06. The molecular formula is C17H18FN3O2. The summed E-state index contributed by atoms with van der Waals surface area (Å²) in [6.45, 7) is 4.03. The summed E-state index contributed by atoms with van der Waals surface area (Å²) in [4.78, 5) is 8.72. The zero-order chi connectivity index (χ0) is 16.2. The van der Waals surface area contributed by atoms with Gasteiger partial charge < -0.3 is 8.94 Å². The third-order valence-electron chi connectivity index (χ3n) is 3.54. The van der Waals surface area contributed by atoms with Crippen LogP contribution in [0, 0.1) is 5.82 Å². The fraction of sp³-hybridized carbons (Fsp3) is 0.353. The highest BCUT2D eigenvalue weighted by atomic mass is 19.1. The highest BCUT2D eigenvalue weighted by molar-refractivity contribution is 5.45. The quantitative estimate of drug-likeness (QED) is 0.683. The van der Waals surface area contributed by atoms with E-state index in [2.05, 4.69) is 22.0 Å². The predicted octanol–water partition coefficient (Wildman–Crippen LogP) is 4.16. The maximum atomic E-state index is 13.2. The van der Waals surface area contributed by atoms with Crippen LogP contribution in [0.4, 0.5) is 4.39 Å². The Kier molecular flexibility index (Phi) is 4.50. The smallest absolute Gasteiger partial charge is 0.230 e. The molecule has 0 N–H and O–H groups in total. The molecule has 1 aromatic carbocycles. The number of aromatic nitrogens is 3. The molecule has 0 aliphatic rings. The van der Waals surface area contributed by atoms with Gasteiger partial charge in [-0.3, -0.25) is 0 Å². The molecular weight excluding hydrogens is 297 g/mol. The van der Waals surface area contributed by atoms with Crippen LogP contribution in [0.1, 0.15) is 43.5 Å². The van der Waals surface area contributed by atoms with Crippen LogP contribution in [0.5, 0.6) is 0 Å². The van der Waals surface area contributed by atoms with Gasteiger partial charge in [0.2, 0.25) is 11.7 Å². The highest BCUT2D eigenvalue weighted by Gasteiger charge is 2.18. The molecule has 23 heavy (non-hydrogen) atoms. The number of oxazole rings is 1. The standard InChI is InChI=1S/C17H18FN3O2/c1-3-5-15-19-14(10-22-15)16-20-17(23-21-16)11(2)8-12-6-4-7-13(18)9-12/h4,6-7,9-11H,3,5,8H2,1-2H3. The Hall–Kier alpha value is -2.50. The summed E-state index contributed by atoms with van der Waals surface area (Å²) in [6, 6.07) is 6.52. The van der Waals surface area contributed by atoms with Crippen molar-refractivity contribution in [2.45, 2.75) is 39.0 Å². The third kappa shape index (κ3) is 3.64. The van der Waals surface area contributed by atoms with Crippen molar-refractivity contribution in [1.29, 1.82) is 0 Å². The van der Waals surface area contributed by atoms with Crippen molar-refractivity contribution < 1.29 is 13.3 Å². The first-order valence-electron chi connectivity index (χ1n) is 7.68. The van der Waals surface area contributed by atoms with Crippen LogP contribution in [-0.4, -0.2) is 15.1 Å². The fourth-order valence-corrected chi connectivity index (χ4v) is 2.39. The normalized spacial score (nSPS) is 12.5. The summed E-state index contributed by atoms with van der Waals surface area (Å²) in [5.41, 5.74) is 1.46. The number of hydrogen-bond donors (Lipinski definition) is 0. The highest BCUT2D eigenvalue weighted by Crippen LogP contribution is 2.22. The van der Waals surface area contributed by atoms with Gasteiger partial charge in [0.05, 0.1) is 0 Å². The molecule has 0 amide bonds. The Morgan fingerprint density at radius 1 is 1.26 bits per heavy atom. The molecule has 0 spiro atoms. The van der Waals surface area contributed by atoms with Crippen LogP contribution in [0.3, 0.4) is 0 Å². The molecule has 0 fully saturated rings. The maximum absolute atomic E-state index is 13.2. The Morgan fingerprint density at radius 3 is 2.91 bits per heavy atom. The van der Waals surface area contributed by atoms with E-state index < -0.39 is 0 Å². The van der Waals surface area contributed by atoms with Crippen molar-refractivity contribution in [1.82, 2.24) is 15.1 Å². The van der Waals surface area contributed by atoms with E-state index in [4.69, 9.17) is 8.94 Å². The van der Waals surface area contributed by atoms with E-state index in [0.717, 1.165) is 18.4 Å². The van der Waals surface area contributed by atoms with Gasteiger partial charge in [-0.15, -0.1) is 0 Å². The number of benzene rings is 1. The third-order valence-corrected chi connectivity index (χ3v) is 3.54. The van der Waals surface area contributed by atoms with Gasteiger partial charge in [0.1, 0.15) is 17.8 Å². The molecule has 0 radical (unpaired) electrons. The molecule has 1 unspecified atom stereocenters. The largest absolute Gasteiger partial charge is 0.448 e. The minimum atomic E-state index is -0.244. The summed E-state index contributed by atoms with van der Waals surface area (Å²) in [5.74, 6) is 1.33. The topological polar surface area (TPSA) is 65.0 Å². The molecule has 0 saturated carbocycles. The van der Waals surface area contributed by atoms with Gasteiger partial charge in [-0.25, -0.2) is 9.37 Å². The van der Waals surface area contributed by atoms with Crippen molar-refractivity contribution in [3.8, 4) is 11.5 Å². The Balaban J connectivity index is 1.72. The molecule has 0 saturated heterocycles. The van der Waals surface area contributed by atoms with Crippen LogP contribution in [-0.2, 0) is 12.8 Å². The lowest BCUT2D eigenvalue weighted by atomic mass is 10.0. The van der Waals surface area contributed by atoms with Gasteiger partial charge in [-0.05, 0) is 30.5 Å². The van der Waals surface area contributed by atoms with E-state index in [-0.39, 0.29) is 11.7 Å². The Labute approximate surface area is 133 Å². The van der Waals surface area contributed by atoms with Crippen molar-refractivity contribution >= 4 is 0 Å². The van der Waals surface area contributed by atoms with Crippen molar-refractivity contribution in [3.05, 3.63) is 53.7 Å². The second-order valence-electron chi connectivity index (χ2n) is 5.57. The molecule has 5 nitrogen and oxygen atoms in total. The maximum Gasteiger partial charge on any atom is 0.230 e. The van der Waals surface area contributed by atoms with E-state index in [9.17, 15) is 4.39 Å². The predicted molar refractivity (Wildman–Crippen MR) is 82.3 cm³/mol. The SMILES string of the molecule is CCCc1nc(-c2noc(C(C)Cc3cccc(F)c3)n2)co1. The molecule has 6 heteroatoms. The van der Waals surface area contributed by atoms with Crippen molar-refractivity contribution in [3.63, 3.8) is 0 Å². The molecule has 1 atom stereocenters. The minimum absolute atomic E-state index is 0.0138. The summed E-state index contributed by atoms with van der Waals surface area (Å²) in [7, 11) is 0. The van der Waals surface area contributed by atoms with Crippen molar-refractivity contribution in [2.75, 3.05) is 0 Å². The molecule has 3 aromatic rings. The van der Waals surface area contributed by atoms with Crippen LogP contribution >= 0.6 is 0 Å². The van der Waals surface area contributed by atoms with Gasteiger partial charge in [-0.2, -0.15) is 4.98 Å². The number of halogens is 1. The van der Waals surface area contributed by atoms with Gasteiger partial charge in [-0.1, -0.05) is 31.1 Å². The van der Waals surface area contributed by atoms with E-state index in [0.29, 0.717) is 29.7 Å². The lowest BCUT2D eigenvalue weighted by Crippen LogP contribution is -1.99. The van der Waals surface area contributed by atoms with Gasteiger partial charge in [0.25, 0.3) is 0 Å². The van der Waals surface area contributed by atoms with E-state index in [1.165, 1.54) is 18.4 Å². The lowest BCUT2D eigenvalue weighted by molar-refractivity contribution is 0.358. The van der Waals surface area contributed by atoms with E-state index in [1.807, 2.05) is 13.0 Å². The monoisotopic (exact) mass is 315 g/mol. The number of aryl methyl sites for hydroxylation is 1. The zero-order valence-electron chi connectivity index (χ0n) is 13.1. The number of rotatable bonds is 6. The average Bonchev–Trinajstić information content (AvgIpc) is 3.16. The summed E-state index contributed by atoms with van der Waals surface area (Å²) >= 11 is 0. The molecule has 120 valence electrons. The zero-order valence-corrected chi connectivity index (χ0v) is 13.1. The summed E-state index contributed by atoms with van der Waals surface area (Å²) in [6.07, 6.45) is 3.90. The first kappa shape index (κ1) is 15.4. The second kappa shape index (κ2) is 6.73. The Bertz CT molecular complexity index is 782. The fourth-order valence-electron chi connectivity index (χ4n) is 2.39. The average molecular weight is 315 g/mol. The summed E-state index contributed by atoms with van der Waals surface area (Å²) in [5, 5.41) is 3.96. The van der Waals surface area contributed by atoms with Crippen LogP contribution in [0.2, 0.25) is 0 Å².